The monoisotopic (exact) mass is 615 g/mol. The number of halogens is 1. The highest BCUT2D eigenvalue weighted by Crippen LogP contribution is 2.27. The second-order valence-corrected chi connectivity index (χ2v) is 12.4. The van der Waals surface area contributed by atoms with E-state index in [4.69, 9.17) is 0 Å². The normalized spacial score (nSPS) is 11.9. The molecule has 0 radical (unpaired) electrons. The van der Waals surface area contributed by atoms with Crippen molar-refractivity contribution in [3.63, 3.8) is 0 Å². The molecule has 4 aromatic rings. The number of rotatable bonds is 14. The average Bonchev–Trinajstić information content (AvgIpc) is 3.03. The summed E-state index contributed by atoms with van der Waals surface area (Å²) in [6, 6.07) is 29.0. The van der Waals surface area contributed by atoms with Crippen LogP contribution in [-0.4, -0.2) is 44.3 Å². The van der Waals surface area contributed by atoms with E-state index in [-0.39, 0.29) is 29.5 Å². The minimum atomic E-state index is -4.36. The lowest BCUT2D eigenvalue weighted by atomic mass is 10.0. The molecule has 7 nitrogen and oxygen atoms in total. The Labute approximate surface area is 259 Å². The van der Waals surface area contributed by atoms with E-state index in [0.717, 1.165) is 39.9 Å². The standard InChI is InChI=1S/C35H38FN3O4S/c1-3-4-23-37-35(41)33(24-28-16-7-5-8-17-28)38(25-29-18-12-11-15-27(29)2)34(40)26-39(32-22-14-13-21-31(32)36)44(42,43)30-19-9-6-10-20-30/h5-22,33H,3-4,23-26H2,1-2H3,(H,37,41)/t33-/m1/s1. The fourth-order valence-electron chi connectivity index (χ4n) is 4.92. The Morgan fingerprint density at radius 1 is 0.841 bits per heavy atom. The first kappa shape index (κ1) is 32.4. The third-order valence-electron chi connectivity index (χ3n) is 7.43. The van der Waals surface area contributed by atoms with E-state index in [0.29, 0.717) is 6.54 Å². The van der Waals surface area contributed by atoms with Crippen molar-refractivity contribution < 1.29 is 22.4 Å². The maximum Gasteiger partial charge on any atom is 0.264 e. The van der Waals surface area contributed by atoms with Crippen LogP contribution < -0.4 is 9.62 Å². The van der Waals surface area contributed by atoms with Crippen molar-refractivity contribution in [2.24, 2.45) is 0 Å². The first-order valence-corrected chi connectivity index (χ1v) is 16.1. The topological polar surface area (TPSA) is 86.8 Å². The van der Waals surface area contributed by atoms with Crippen LogP contribution in [0.25, 0.3) is 0 Å². The SMILES string of the molecule is CCCCNC(=O)[C@@H](Cc1ccccc1)N(Cc1ccccc1C)C(=O)CN(c1ccccc1F)S(=O)(=O)c1ccccc1. The van der Waals surface area contributed by atoms with Gasteiger partial charge in [0.25, 0.3) is 10.0 Å². The molecule has 0 fully saturated rings. The van der Waals surface area contributed by atoms with Crippen molar-refractivity contribution in [3.05, 3.63) is 132 Å². The summed E-state index contributed by atoms with van der Waals surface area (Å²) in [4.78, 5) is 29.5. The van der Waals surface area contributed by atoms with Crippen LogP contribution in [0.5, 0.6) is 0 Å². The molecule has 1 N–H and O–H groups in total. The molecule has 4 aromatic carbocycles. The number of nitrogens with zero attached hydrogens (tertiary/aromatic N) is 2. The zero-order valence-electron chi connectivity index (χ0n) is 25.0. The molecule has 0 aliphatic rings. The molecule has 1 atom stereocenters. The lowest BCUT2D eigenvalue weighted by Crippen LogP contribution is -2.53. The highest BCUT2D eigenvalue weighted by atomic mass is 32.2. The molecule has 44 heavy (non-hydrogen) atoms. The van der Waals surface area contributed by atoms with Crippen LogP contribution in [-0.2, 0) is 32.6 Å². The second kappa shape index (κ2) is 15.3. The lowest BCUT2D eigenvalue weighted by molar-refractivity contribution is -0.140. The van der Waals surface area contributed by atoms with Crippen LogP contribution in [0.4, 0.5) is 10.1 Å². The largest absolute Gasteiger partial charge is 0.354 e. The van der Waals surface area contributed by atoms with E-state index < -0.39 is 34.3 Å². The fourth-order valence-corrected chi connectivity index (χ4v) is 6.36. The third-order valence-corrected chi connectivity index (χ3v) is 9.21. The Balaban J connectivity index is 1.80. The molecule has 0 spiro atoms. The smallest absolute Gasteiger partial charge is 0.264 e. The number of para-hydroxylation sites is 1. The number of aryl methyl sites for hydroxylation is 1. The van der Waals surface area contributed by atoms with E-state index in [2.05, 4.69) is 5.32 Å². The van der Waals surface area contributed by atoms with Crippen LogP contribution in [0, 0.1) is 12.7 Å². The van der Waals surface area contributed by atoms with E-state index in [1.165, 1.54) is 35.2 Å². The van der Waals surface area contributed by atoms with Crippen LogP contribution in [0.3, 0.4) is 0 Å². The molecule has 0 aromatic heterocycles. The molecule has 0 aliphatic heterocycles. The quantitative estimate of drug-likeness (QED) is 0.179. The van der Waals surface area contributed by atoms with Crippen molar-refractivity contribution >= 4 is 27.5 Å². The number of sulfonamides is 1. The Bertz CT molecular complexity index is 1650. The summed E-state index contributed by atoms with van der Waals surface area (Å²) in [5.41, 5.74) is 2.31. The molecule has 0 unspecified atom stereocenters. The summed E-state index contributed by atoms with van der Waals surface area (Å²) < 4.78 is 43.8. The number of hydrogen-bond donors (Lipinski definition) is 1. The van der Waals surface area contributed by atoms with Gasteiger partial charge in [-0.1, -0.05) is 98.3 Å². The summed E-state index contributed by atoms with van der Waals surface area (Å²) in [5, 5.41) is 2.97. The van der Waals surface area contributed by atoms with Crippen molar-refractivity contribution in [2.45, 2.75) is 50.6 Å². The third kappa shape index (κ3) is 8.11. The Hall–Kier alpha value is -4.50. The van der Waals surface area contributed by atoms with Crippen LogP contribution in [0.1, 0.15) is 36.5 Å². The van der Waals surface area contributed by atoms with Gasteiger partial charge in [0.1, 0.15) is 18.4 Å². The molecule has 0 heterocycles. The van der Waals surface area contributed by atoms with Gasteiger partial charge in [0.05, 0.1) is 10.6 Å². The highest BCUT2D eigenvalue weighted by Gasteiger charge is 2.35. The number of amides is 2. The molecule has 9 heteroatoms. The van der Waals surface area contributed by atoms with Gasteiger partial charge >= 0.3 is 0 Å². The predicted octanol–water partition coefficient (Wildman–Crippen LogP) is 5.89. The number of hydrogen-bond acceptors (Lipinski definition) is 4. The summed E-state index contributed by atoms with van der Waals surface area (Å²) in [6.45, 7) is 3.72. The number of nitrogens with one attached hydrogen (secondary N) is 1. The fraction of sp³-hybridized carbons (Fsp3) is 0.257. The number of unbranched alkanes of at least 4 members (excludes halogenated alkanes) is 1. The van der Waals surface area contributed by atoms with E-state index >= 15 is 4.39 Å². The minimum Gasteiger partial charge on any atom is -0.354 e. The Morgan fingerprint density at radius 3 is 2.11 bits per heavy atom. The molecule has 4 rings (SSSR count). The van der Waals surface area contributed by atoms with Crippen molar-refractivity contribution in [1.29, 1.82) is 0 Å². The summed E-state index contributed by atoms with van der Waals surface area (Å²) in [7, 11) is -4.36. The lowest BCUT2D eigenvalue weighted by Gasteiger charge is -2.34. The number of carbonyl (C=O) groups excluding carboxylic acids is 2. The average molecular weight is 616 g/mol. The molecule has 0 saturated heterocycles. The molecule has 2 amide bonds. The zero-order chi connectivity index (χ0) is 31.5. The van der Waals surface area contributed by atoms with Crippen LogP contribution >= 0.6 is 0 Å². The maximum atomic E-state index is 15.2. The Morgan fingerprint density at radius 2 is 1.45 bits per heavy atom. The number of benzene rings is 4. The van der Waals surface area contributed by atoms with E-state index in [1.807, 2.05) is 68.4 Å². The first-order chi connectivity index (χ1) is 21.2. The first-order valence-electron chi connectivity index (χ1n) is 14.7. The van der Waals surface area contributed by atoms with Crippen LogP contribution in [0.2, 0.25) is 0 Å². The van der Waals surface area contributed by atoms with Gasteiger partial charge in [0, 0.05) is 19.5 Å². The van der Waals surface area contributed by atoms with Crippen LogP contribution in [0.15, 0.2) is 114 Å². The van der Waals surface area contributed by atoms with Gasteiger partial charge in [-0.3, -0.25) is 13.9 Å². The maximum absolute atomic E-state index is 15.2. The van der Waals surface area contributed by atoms with Gasteiger partial charge < -0.3 is 10.2 Å². The molecule has 0 bridgehead atoms. The summed E-state index contributed by atoms with van der Waals surface area (Å²) in [5.74, 6) is -1.77. The Kier molecular flexibility index (Phi) is 11.3. The van der Waals surface area contributed by atoms with Gasteiger partial charge in [0.15, 0.2) is 0 Å². The number of anilines is 1. The summed E-state index contributed by atoms with van der Waals surface area (Å²) >= 11 is 0. The molecule has 230 valence electrons. The van der Waals surface area contributed by atoms with E-state index in [9.17, 15) is 18.0 Å². The second-order valence-electron chi connectivity index (χ2n) is 10.6. The van der Waals surface area contributed by atoms with Crippen molar-refractivity contribution in [2.75, 3.05) is 17.4 Å². The molecular weight excluding hydrogens is 577 g/mol. The van der Waals surface area contributed by atoms with Crippen molar-refractivity contribution in [3.8, 4) is 0 Å². The number of carbonyl (C=O) groups is 2. The molecule has 0 saturated carbocycles. The van der Waals surface area contributed by atoms with Gasteiger partial charge in [-0.05, 0) is 54.3 Å². The predicted molar refractivity (Wildman–Crippen MR) is 171 cm³/mol. The minimum absolute atomic E-state index is 0.0563. The van der Waals surface area contributed by atoms with Gasteiger partial charge in [-0.25, -0.2) is 12.8 Å². The van der Waals surface area contributed by atoms with Gasteiger partial charge in [0.2, 0.25) is 11.8 Å². The molecule has 0 aliphatic carbocycles. The van der Waals surface area contributed by atoms with Gasteiger partial charge in [-0.2, -0.15) is 0 Å². The van der Waals surface area contributed by atoms with Crippen molar-refractivity contribution in [1.82, 2.24) is 10.2 Å². The summed E-state index contributed by atoms with van der Waals surface area (Å²) in [6.07, 6.45) is 1.86. The highest BCUT2D eigenvalue weighted by molar-refractivity contribution is 7.92. The van der Waals surface area contributed by atoms with E-state index in [1.54, 1.807) is 18.2 Å². The van der Waals surface area contributed by atoms with Gasteiger partial charge in [-0.15, -0.1) is 0 Å². The molecular formula is C35H38FN3O4S. The zero-order valence-corrected chi connectivity index (χ0v) is 25.8.